The van der Waals surface area contributed by atoms with Crippen LogP contribution in [0.25, 0.3) is 0 Å². The summed E-state index contributed by atoms with van der Waals surface area (Å²) in [6.07, 6.45) is 4.29. The number of pyridine rings is 1. The molecule has 1 unspecified atom stereocenters. The van der Waals surface area contributed by atoms with Crippen molar-refractivity contribution in [3.05, 3.63) is 63.9 Å². The van der Waals surface area contributed by atoms with E-state index in [0.29, 0.717) is 5.56 Å². The van der Waals surface area contributed by atoms with E-state index >= 15 is 0 Å². The Morgan fingerprint density at radius 3 is 2.21 bits per heavy atom. The molecule has 2 fully saturated rings. The summed E-state index contributed by atoms with van der Waals surface area (Å²) >= 11 is 5.85. The molecule has 11 heteroatoms. The van der Waals surface area contributed by atoms with Crippen molar-refractivity contribution in [3.63, 3.8) is 0 Å². The summed E-state index contributed by atoms with van der Waals surface area (Å²) in [7, 11) is 1.46. The van der Waals surface area contributed by atoms with Gasteiger partial charge < -0.3 is 10.6 Å². The van der Waals surface area contributed by atoms with Gasteiger partial charge in [0.1, 0.15) is 17.3 Å². The zero-order valence-corrected chi connectivity index (χ0v) is 21.8. The zero-order chi connectivity index (χ0) is 27.9. The quantitative estimate of drug-likeness (QED) is 0.312. The van der Waals surface area contributed by atoms with Crippen LogP contribution in [0.3, 0.4) is 0 Å². The minimum atomic E-state index is -4.44. The Morgan fingerprint density at radius 1 is 1.03 bits per heavy atom. The van der Waals surface area contributed by atoms with Crippen molar-refractivity contribution in [2.24, 2.45) is 11.8 Å². The van der Waals surface area contributed by atoms with Crippen LogP contribution in [0.1, 0.15) is 74.2 Å². The lowest BCUT2D eigenvalue weighted by Crippen LogP contribution is -2.37. The van der Waals surface area contributed by atoms with Crippen molar-refractivity contribution < 1.29 is 31.5 Å². The highest BCUT2D eigenvalue weighted by atomic mass is 35.5. The van der Waals surface area contributed by atoms with Crippen molar-refractivity contribution in [3.8, 4) is 0 Å². The lowest BCUT2D eigenvalue weighted by molar-refractivity contribution is -0.141. The molecule has 0 spiro atoms. The molecule has 0 saturated heterocycles. The van der Waals surface area contributed by atoms with Gasteiger partial charge >= 0.3 is 6.18 Å². The number of carbonyl (C=O) groups excluding carboxylic acids is 2. The second-order valence-electron chi connectivity index (χ2n) is 9.67. The standard InChI is InChI=1S/C18H22ClF2NO.C9H9F3N2O/c19-13-9-10-14(20)15(16(13)21)17(11-5-1-2-6-11)22-18(23)12-7-3-4-8-12;1-13-8(15)4-6-2-3-7(14-5-6)9(10,11)12/h9-12,17H,1-8H2,(H,22,23);2-3,5H,4H2,1H3,(H,13,15). The summed E-state index contributed by atoms with van der Waals surface area (Å²) < 4.78 is 65.1. The first-order valence-corrected chi connectivity index (χ1v) is 13.1. The van der Waals surface area contributed by atoms with Gasteiger partial charge in [0.2, 0.25) is 11.8 Å². The van der Waals surface area contributed by atoms with E-state index < -0.39 is 29.5 Å². The first-order valence-electron chi connectivity index (χ1n) is 12.7. The van der Waals surface area contributed by atoms with Gasteiger partial charge in [-0.1, -0.05) is 43.4 Å². The molecule has 1 heterocycles. The largest absolute Gasteiger partial charge is 0.433 e. The number of alkyl halides is 3. The highest BCUT2D eigenvalue weighted by Crippen LogP contribution is 2.39. The predicted octanol–water partition coefficient (Wildman–Crippen LogP) is 6.54. The average Bonchev–Trinajstić information content (AvgIpc) is 3.61. The summed E-state index contributed by atoms with van der Waals surface area (Å²) in [5, 5.41) is 5.22. The van der Waals surface area contributed by atoms with E-state index in [0.717, 1.165) is 63.6 Å². The maximum Gasteiger partial charge on any atom is 0.433 e. The number of rotatable bonds is 6. The average molecular weight is 560 g/mol. The van der Waals surface area contributed by atoms with Crippen LogP contribution in [0.2, 0.25) is 5.02 Å². The third-order valence-corrected chi connectivity index (χ3v) is 7.34. The molecule has 5 nitrogen and oxygen atoms in total. The van der Waals surface area contributed by atoms with E-state index in [1.807, 2.05) is 0 Å². The van der Waals surface area contributed by atoms with Crippen LogP contribution in [0.15, 0.2) is 30.5 Å². The van der Waals surface area contributed by atoms with Gasteiger partial charge in [-0.25, -0.2) is 8.78 Å². The van der Waals surface area contributed by atoms with E-state index in [1.54, 1.807) is 0 Å². The number of carbonyl (C=O) groups is 2. The third-order valence-electron chi connectivity index (χ3n) is 7.04. The third kappa shape index (κ3) is 7.88. The first kappa shape index (κ1) is 29.8. The molecule has 2 saturated carbocycles. The molecule has 2 amide bonds. The Bertz CT molecular complexity index is 1100. The Morgan fingerprint density at radius 2 is 1.66 bits per heavy atom. The van der Waals surface area contributed by atoms with Gasteiger partial charge in [-0.2, -0.15) is 13.2 Å². The van der Waals surface area contributed by atoms with Gasteiger partial charge in [0.05, 0.1) is 17.5 Å². The van der Waals surface area contributed by atoms with Crippen LogP contribution in [-0.2, 0) is 22.2 Å². The molecule has 0 aliphatic heterocycles. The number of hydrogen-bond acceptors (Lipinski definition) is 3. The number of amides is 2. The fourth-order valence-corrected chi connectivity index (χ4v) is 5.14. The van der Waals surface area contributed by atoms with Crippen molar-refractivity contribution in [1.82, 2.24) is 15.6 Å². The number of nitrogens with one attached hydrogen (secondary N) is 2. The molecule has 2 aromatic rings. The number of likely N-dealkylation sites (N-methyl/N-ethyl adjacent to an activating group) is 1. The molecule has 0 bridgehead atoms. The van der Waals surface area contributed by atoms with Gasteiger partial charge in [0, 0.05) is 24.7 Å². The monoisotopic (exact) mass is 559 g/mol. The zero-order valence-electron chi connectivity index (χ0n) is 21.0. The van der Waals surface area contributed by atoms with Gasteiger partial charge in [0.15, 0.2) is 0 Å². The summed E-state index contributed by atoms with van der Waals surface area (Å²) in [6, 6.07) is 3.89. The van der Waals surface area contributed by atoms with Crippen molar-refractivity contribution in [1.29, 1.82) is 0 Å². The van der Waals surface area contributed by atoms with Crippen LogP contribution in [0.4, 0.5) is 22.0 Å². The van der Waals surface area contributed by atoms with Crippen molar-refractivity contribution >= 4 is 23.4 Å². The Hall–Kier alpha value is -2.75. The molecule has 1 aromatic carbocycles. The summed E-state index contributed by atoms with van der Waals surface area (Å²) in [4.78, 5) is 26.6. The number of nitrogens with zero attached hydrogens (tertiary/aromatic N) is 1. The number of hydrogen-bond donors (Lipinski definition) is 2. The minimum Gasteiger partial charge on any atom is -0.359 e. The van der Waals surface area contributed by atoms with E-state index in [4.69, 9.17) is 11.6 Å². The molecule has 2 aliphatic carbocycles. The van der Waals surface area contributed by atoms with E-state index in [9.17, 15) is 31.5 Å². The molecule has 1 aromatic heterocycles. The van der Waals surface area contributed by atoms with E-state index in [-0.39, 0.29) is 40.7 Å². The Labute approximate surface area is 223 Å². The lowest BCUT2D eigenvalue weighted by Gasteiger charge is -2.27. The molecule has 0 radical (unpaired) electrons. The number of benzene rings is 1. The predicted molar refractivity (Wildman–Crippen MR) is 133 cm³/mol. The van der Waals surface area contributed by atoms with Gasteiger partial charge in [-0.15, -0.1) is 0 Å². The first-order chi connectivity index (χ1) is 18.0. The Balaban J connectivity index is 0.000000232. The lowest BCUT2D eigenvalue weighted by atomic mass is 9.90. The van der Waals surface area contributed by atoms with Crippen molar-refractivity contribution in [2.45, 2.75) is 70.0 Å². The van der Waals surface area contributed by atoms with Crippen LogP contribution in [0, 0.1) is 23.5 Å². The normalized spacial score (nSPS) is 17.0. The fourth-order valence-electron chi connectivity index (χ4n) is 4.97. The molecule has 4 rings (SSSR count). The SMILES string of the molecule is CNC(=O)Cc1ccc(C(F)(F)F)nc1.O=C(NC(c1c(F)ccc(Cl)c1F)C1CCCC1)C1CCCC1. The van der Waals surface area contributed by atoms with E-state index in [2.05, 4.69) is 15.6 Å². The molecule has 2 aliphatic rings. The summed E-state index contributed by atoms with van der Waals surface area (Å²) in [5.74, 6) is -1.66. The second kappa shape index (κ2) is 13.4. The van der Waals surface area contributed by atoms with Crippen LogP contribution < -0.4 is 10.6 Å². The van der Waals surface area contributed by atoms with Crippen LogP contribution in [-0.4, -0.2) is 23.8 Å². The molecule has 2 N–H and O–H groups in total. The maximum absolute atomic E-state index is 14.5. The number of halogens is 6. The van der Waals surface area contributed by atoms with Crippen LogP contribution >= 0.6 is 11.6 Å². The fraction of sp³-hybridized carbons (Fsp3) is 0.519. The molecule has 208 valence electrons. The second-order valence-corrected chi connectivity index (χ2v) is 10.1. The highest BCUT2D eigenvalue weighted by molar-refractivity contribution is 6.30. The Kier molecular flexibility index (Phi) is 10.5. The highest BCUT2D eigenvalue weighted by Gasteiger charge is 2.35. The summed E-state index contributed by atoms with van der Waals surface area (Å²) in [5.41, 5.74) is -0.582. The molecule has 1 atom stereocenters. The van der Waals surface area contributed by atoms with Crippen LogP contribution in [0.5, 0.6) is 0 Å². The maximum atomic E-state index is 14.5. The topological polar surface area (TPSA) is 71.1 Å². The molecule has 38 heavy (non-hydrogen) atoms. The van der Waals surface area contributed by atoms with Crippen molar-refractivity contribution in [2.75, 3.05) is 7.05 Å². The smallest absolute Gasteiger partial charge is 0.359 e. The van der Waals surface area contributed by atoms with Gasteiger partial charge in [0.25, 0.3) is 0 Å². The molecular weight excluding hydrogens is 529 g/mol. The van der Waals surface area contributed by atoms with Gasteiger partial charge in [-0.05, 0) is 55.4 Å². The van der Waals surface area contributed by atoms with E-state index in [1.165, 1.54) is 25.2 Å². The minimum absolute atomic E-state index is 0.0239. The number of aromatic nitrogens is 1. The molecular formula is C27H31ClF5N3O2. The summed E-state index contributed by atoms with van der Waals surface area (Å²) in [6.45, 7) is 0. The van der Waals surface area contributed by atoms with Gasteiger partial charge in [-0.3, -0.25) is 14.6 Å².